The summed E-state index contributed by atoms with van der Waals surface area (Å²) in [5.41, 5.74) is 0.462. The fraction of sp³-hybridized carbons (Fsp3) is 1.00. The quantitative estimate of drug-likeness (QED) is 0.647. The summed E-state index contributed by atoms with van der Waals surface area (Å²) in [5, 5.41) is 0. The Morgan fingerprint density at radius 2 is 1.87 bits per heavy atom. The average Bonchev–Trinajstić information content (AvgIpc) is 2.73. The van der Waals surface area contributed by atoms with Crippen LogP contribution in [-0.2, 0) is 4.74 Å². The van der Waals surface area contributed by atoms with Crippen LogP contribution < -0.4 is 0 Å². The van der Waals surface area contributed by atoms with Gasteiger partial charge in [0.25, 0.3) is 0 Å². The van der Waals surface area contributed by atoms with Crippen LogP contribution in [0.2, 0.25) is 0 Å². The van der Waals surface area contributed by atoms with E-state index in [0.29, 0.717) is 9.49 Å². The van der Waals surface area contributed by atoms with Crippen LogP contribution in [0.1, 0.15) is 26.7 Å². The van der Waals surface area contributed by atoms with E-state index in [9.17, 15) is 0 Å². The number of hydrogen-bond acceptors (Lipinski definition) is 3. The molecule has 2 atom stereocenters. The van der Waals surface area contributed by atoms with Crippen LogP contribution in [0, 0.1) is 17.3 Å². The van der Waals surface area contributed by atoms with Gasteiger partial charge in [0, 0.05) is 6.61 Å². The van der Waals surface area contributed by atoms with Crippen LogP contribution in [0.15, 0.2) is 0 Å². The summed E-state index contributed by atoms with van der Waals surface area (Å²) in [6.45, 7) is 7.01. The molecule has 0 N–H and O–H groups in total. The molecule has 0 bridgehead atoms. The van der Waals surface area contributed by atoms with Crippen molar-refractivity contribution in [3.05, 3.63) is 0 Å². The fourth-order valence-electron chi connectivity index (χ4n) is 3.55. The maximum atomic E-state index is 5.66. The highest BCUT2D eigenvalue weighted by Crippen LogP contribution is 2.67. The minimum atomic E-state index is 0.462. The number of fused-ring (bicyclic) bond motifs is 1. The van der Waals surface area contributed by atoms with E-state index >= 15 is 0 Å². The molecule has 3 rings (SSSR count). The standard InChI is InChI=1S/C12H20OS2/c1-11(2)10-8-13-7-9(10)6-12(11)14-4-3-5-15-12/h9-10H,3-8H2,1-2H3/t9-,10+/m1/s1. The third kappa shape index (κ3) is 1.42. The molecule has 0 aromatic heterocycles. The first-order valence-electron chi connectivity index (χ1n) is 6.01. The van der Waals surface area contributed by atoms with E-state index in [0.717, 1.165) is 25.0 Å². The zero-order chi connectivity index (χ0) is 10.5. The van der Waals surface area contributed by atoms with Gasteiger partial charge < -0.3 is 4.74 Å². The van der Waals surface area contributed by atoms with Crippen LogP contribution in [0.5, 0.6) is 0 Å². The average molecular weight is 244 g/mol. The lowest BCUT2D eigenvalue weighted by atomic mass is 9.80. The summed E-state index contributed by atoms with van der Waals surface area (Å²) in [7, 11) is 0. The molecule has 0 aromatic rings. The second kappa shape index (κ2) is 3.58. The van der Waals surface area contributed by atoms with Gasteiger partial charge in [-0.2, -0.15) is 0 Å². The van der Waals surface area contributed by atoms with E-state index in [1.807, 2.05) is 0 Å². The molecule has 0 radical (unpaired) electrons. The highest BCUT2D eigenvalue weighted by molar-refractivity contribution is 8.18. The largest absolute Gasteiger partial charge is 0.381 e. The third-order valence-corrected chi connectivity index (χ3v) is 8.61. The van der Waals surface area contributed by atoms with Gasteiger partial charge >= 0.3 is 0 Å². The van der Waals surface area contributed by atoms with Gasteiger partial charge in [0.05, 0.1) is 10.7 Å². The minimum Gasteiger partial charge on any atom is -0.381 e. The first-order valence-corrected chi connectivity index (χ1v) is 7.98. The molecule has 1 spiro atoms. The summed E-state index contributed by atoms with van der Waals surface area (Å²) >= 11 is 4.49. The van der Waals surface area contributed by atoms with Crippen molar-refractivity contribution in [2.45, 2.75) is 30.8 Å². The van der Waals surface area contributed by atoms with Crippen LogP contribution in [0.25, 0.3) is 0 Å². The van der Waals surface area contributed by atoms with Gasteiger partial charge in [-0.15, -0.1) is 23.5 Å². The van der Waals surface area contributed by atoms with Crippen LogP contribution >= 0.6 is 23.5 Å². The molecule has 0 amide bonds. The minimum absolute atomic E-state index is 0.462. The summed E-state index contributed by atoms with van der Waals surface area (Å²) in [4.78, 5) is 0. The number of hydrogen-bond donors (Lipinski definition) is 0. The van der Waals surface area contributed by atoms with E-state index in [1.54, 1.807) is 0 Å². The number of ether oxygens (including phenoxy) is 1. The highest BCUT2D eigenvalue weighted by Gasteiger charge is 2.61. The Labute approximate surface area is 101 Å². The Morgan fingerprint density at radius 3 is 2.53 bits per heavy atom. The Hall–Kier alpha value is 0.660. The molecule has 3 aliphatic rings. The number of thioether (sulfide) groups is 2. The van der Waals surface area contributed by atoms with Gasteiger partial charge in [0.1, 0.15) is 0 Å². The lowest BCUT2D eigenvalue weighted by molar-refractivity contribution is 0.140. The molecule has 1 saturated carbocycles. The van der Waals surface area contributed by atoms with Crippen LogP contribution in [0.4, 0.5) is 0 Å². The van der Waals surface area contributed by atoms with Crippen molar-refractivity contribution in [3.8, 4) is 0 Å². The van der Waals surface area contributed by atoms with Crippen LogP contribution in [-0.4, -0.2) is 28.8 Å². The van der Waals surface area contributed by atoms with Crippen molar-refractivity contribution in [1.82, 2.24) is 0 Å². The van der Waals surface area contributed by atoms with Crippen molar-refractivity contribution in [2.75, 3.05) is 24.7 Å². The summed E-state index contributed by atoms with van der Waals surface area (Å²) in [6, 6.07) is 0. The molecule has 2 aliphatic heterocycles. The lowest BCUT2D eigenvalue weighted by Gasteiger charge is -2.45. The molecule has 3 fully saturated rings. The molecule has 1 aliphatic carbocycles. The van der Waals surface area contributed by atoms with Gasteiger partial charge in [-0.1, -0.05) is 13.8 Å². The lowest BCUT2D eigenvalue weighted by Crippen LogP contribution is -2.40. The second-order valence-corrected chi connectivity index (χ2v) is 8.68. The molecule has 1 nitrogen and oxygen atoms in total. The van der Waals surface area contributed by atoms with Gasteiger partial charge in [0.2, 0.25) is 0 Å². The summed E-state index contributed by atoms with van der Waals surface area (Å²) < 4.78 is 6.18. The van der Waals surface area contributed by atoms with Gasteiger partial charge in [0.15, 0.2) is 0 Å². The highest BCUT2D eigenvalue weighted by atomic mass is 32.2. The molecular weight excluding hydrogens is 224 g/mol. The van der Waals surface area contributed by atoms with E-state index in [2.05, 4.69) is 37.4 Å². The van der Waals surface area contributed by atoms with Crippen molar-refractivity contribution in [1.29, 1.82) is 0 Å². The van der Waals surface area contributed by atoms with Crippen molar-refractivity contribution in [3.63, 3.8) is 0 Å². The Bertz CT molecular complexity index is 258. The predicted molar refractivity (Wildman–Crippen MR) is 68.5 cm³/mol. The second-order valence-electron chi connectivity index (χ2n) is 5.63. The van der Waals surface area contributed by atoms with Crippen molar-refractivity contribution < 1.29 is 4.74 Å². The van der Waals surface area contributed by atoms with E-state index in [-0.39, 0.29) is 0 Å². The Balaban J connectivity index is 1.90. The van der Waals surface area contributed by atoms with E-state index in [4.69, 9.17) is 4.74 Å². The molecule has 15 heavy (non-hydrogen) atoms. The van der Waals surface area contributed by atoms with Crippen LogP contribution in [0.3, 0.4) is 0 Å². The number of rotatable bonds is 0. The smallest absolute Gasteiger partial charge is 0.0668 e. The SMILES string of the molecule is CC1(C)[C@H]2COC[C@H]2CC12SCCCS2. The topological polar surface area (TPSA) is 9.23 Å². The molecule has 0 unspecified atom stereocenters. The predicted octanol–water partition coefficient (Wildman–Crippen LogP) is 3.25. The fourth-order valence-corrected chi connectivity index (χ4v) is 7.52. The summed E-state index contributed by atoms with van der Waals surface area (Å²) in [6.07, 6.45) is 2.79. The molecule has 2 heterocycles. The zero-order valence-electron chi connectivity index (χ0n) is 9.62. The molecule has 2 saturated heterocycles. The normalized spacial score (nSPS) is 42.0. The third-order valence-electron chi connectivity index (χ3n) is 4.60. The summed E-state index contributed by atoms with van der Waals surface area (Å²) in [5.74, 6) is 4.40. The first kappa shape index (κ1) is 10.8. The maximum Gasteiger partial charge on any atom is 0.0668 e. The Morgan fingerprint density at radius 1 is 1.13 bits per heavy atom. The van der Waals surface area contributed by atoms with Gasteiger partial charge in [-0.25, -0.2) is 0 Å². The molecular formula is C12H20OS2. The van der Waals surface area contributed by atoms with Crippen molar-refractivity contribution >= 4 is 23.5 Å². The van der Waals surface area contributed by atoms with Crippen molar-refractivity contribution in [2.24, 2.45) is 17.3 Å². The Kier molecular flexibility index (Phi) is 2.57. The molecule has 0 aromatic carbocycles. The van der Waals surface area contributed by atoms with Gasteiger partial charge in [-0.3, -0.25) is 0 Å². The first-order chi connectivity index (χ1) is 7.16. The monoisotopic (exact) mass is 244 g/mol. The van der Waals surface area contributed by atoms with E-state index in [1.165, 1.54) is 24.3 Å². The molecule has 86 valence electrons. The maximum absolute atomic E-state index is 5.66. The zero-order valence-corrected chi connectivity index (χ0v) is 11.3. The van der Waals surface area contributed by atoms with Gasteiger partial charge in [-0.05, 0) is 41.6 Å². The molecule has 3 heteroatoms. The van der Waals surface area contributed by atoms with E-state index < -0.39 is 0 Å².